The van der Waals surface area contributed by atoms with Crippen LogP contribution in [0.5, 0.6) is 5.75 Å². The molecule has 3 aromatic rings. The average molecular weight is 416 g/mol. The molecule has 8 heteroatoms. The number of fused-ring (bicyclic) bond motifs is 1. The molecule has 152 valence electrons. The van der Waals surface area contributed by atoms with Crippen LogP contribution in [0.4, 0.5) is 0 Å². The predicted molar refractivity (Wildman–Crippen MR) is 113 cm³/mol. The van der Waals surface area contributed by atoms with Crippen molar-refractivity contribution in [1.29, 1.82) is 0 Å². The predicted octanol–water partition coefficient (Wildman–Crippen LogP) is 2.73. The second-order valence-corrected chi connectivity index (χ2v) is 7.18. The summed E-state index contributed by atoms with van der Waals surface area (Å²) in [7, 11) is 1.53. The lowest BCUT2D eigenvalue weighted by Gasteiger charge is -2.16. The van der Waals surface area contributed by atoms with E-state index >= 15 is 0 Å². The third-order valence-electron chi connectivity index (χ3n) is 4.76. The highest BCUT2D eigenvalue weighted by Gasteiger charge is 2.17. The van der Waals surface area contributed by atoms with Gasteiger partial charge >= 0.3 is 5.69 Å². The third kappa shape index (κ3) is 4.19. The molecule has 0 aliphatic rings. The molecule has 0 bridgehead atoms. The van der Waals surface area contributed by atoms with E-state index in [9.17, 15) is 14.4 Å². The number of halogens is 1. The summed E-state index contributed by atoms with van der Waals surface area (Å²) in [6.45, 7) is 3.61. The summed E-state index contributed by atoms with van der Waals surface area (Å²) in [5.41, 5.74) is -0.398. The Hall–Kier alpha value is -3.06. The molecule has 7 nitrogen and oxygen atoms in total. The molecular formula is C21H22ClN3O4. The summed E-state index contributed by atoms with van der Waals surface area (Å²) < 4.78 is 7.45. The third-order valence-corrected chi connectivity index (χ3v) is 4.99. The minimum Gasteiger partial charge on any atom is -0.497 e. The van der Waals surface area contributed by atoms with E-state index in [-0.39, 0.29) is 18.5 Å². The lowest BCUT2D eigenvalue weighted by Crippen LogP contribution is -2.43. The van der Waals surface area contributed by atoms with Crippen molar-refractivity contribution in [3.05, 3.63) is 68.3 Å². The molecule has 0 aliphatic heterocycles. The Balaban J connectivity index is 2.22. The van der Waals surface area contributed by atoms with E-state index in [1.54, 1.807) is 36.4 Å². The Morgan fingerprint density at radius 3 is 2.48 bits per heavy atom. The van der Waals surface area contributed by atoms with Crippen LogP contribution in [0.15, 0.2) is 52.1 Å². The Kier molecular flexibility index (Phi) is 6.08. The van der Waals surface area contributed by atoms with Gasteiger partial charge in [-0.1, -0.05) is 18.5 Å². The molecular weight excluding hydrogens is 394 g/mol. The van der Waals surface area contributed by atoms with E-state index in [1.165, 1.54) is 17.7 Å². The molecule has 0 saturated carbocycles. The van der Waals surface area contributed by atoms with E-state index in [4.69, 9.17) is 16.3 Å². The molecule has 0 aliphatic carbocycles. The maximum atomic E-state index is 13.2. The molecule has 2 aromatic carbocycles. The van der Waals surface area contributed by atoms with Crippen LogP contribution < -0.4 is 21.3 Å². The van der Waals surface area contributed by atoms with E-state index in [0.717, 1.165) is 11.0 Å². The molecule has 29 heavy (non-hydrogen) atoms. The number of carbonyl (C=O) groups is 1. The highest BCUT2D eigenvalue weighted by atomic mass is 35.5. The Labute approximate surface area is 172 Å². The summed E-state index contributed by atoms with van der Waals surface area (Å²) in [5.74, 6) is 0.283. The van der Waals surface area contributed by atoms with Crippen LogP contribution >= 0.6 is 11.6 Å². The second kappa shape index (κ2) is 8.53. The van der Waals surface area contributed by atoms with Gasteiger partial charge in [0.2, 0.25) is 5.91 Å². The van der Waals surface area contributed by atoms with Crippen LogP contribution in [0.1, 0.15) is 20.3 Å². The van der Waals surface area contributed by atoms with Gasteiger partial charge in [-0.2, -0.15) is 0 Å². The van der Waals surface area contributed by atoms with Gasteiger partial charge in [0.15, 0.2) is 0 Å². The normalized spacial score (nSPS) is 12.0. The van der Waals surface area contributed by atoms with Crippen molar-refractivity contribution in [2.75, 3.05) is 7.11 Å². The maximum absolute atomic E-state index is 13.2. The summed E-state index contributed by atoms with van der Waals surface area (Å²) in [6.07, 6.45) is 0.762. The van der Waals surface area contributed by atoms with Gasteiger partial charge in [0.25, 0.3) is 5.56 Å². The monoisotopic (exact) mass is 415 g/mol. The zero-order valence-corrected chi connectivity index (χ0v) is 17.2. The average Bonchev–Trinajstić information content (AvgIpc) is 2.71. The lowest BCUT2D eigenvalue weighted by atomic mass is 10.2. The van der Waals surface area contributed by atoms with Crippen LogP contribution in [-0.2, 0) is 11.3 Å². The van der Waals surface area contributed by atoms with Gasteiger partial charge in [0.1, 0.15) is 12.3 Å². The summed E-state index contributed by atoms with van der Waals surface area (Å²) in [6, 6.07) is 11.2. The fourth-order valence-corrected chi connectivity index (χ4v) is 3.18. The molecule has 3 rings (SSSR count). The molecule has 1 heterocycles. The van der Waals surface area contributed by atoms with Gasteiger partial charge in [0, 0.05) is 11.1 Å². The first kappa shape index (κ1) is 20.7. The van der Waals surface area contributed by atoms with Gasteiger partial charge in [-0.25, -0.2) is 9.36 Å². The van der Waals surface area contributed by atoms with Crippen molar-refractivity contribution in [2.24, 2.45) is 0 Å². The fraction of sp³-hybridized carbons (Fsp3) is 0.286. The molecule has 0 radical (unpaired) electrons. The summed E-state index contributed by atoms with van der Waals surface area (Å²) >= 11 is 6.09. The number of hydrogen-bond acceptors (Lipinski definition) is 4. The van der Waals surface area contributed by atoms with Gasteiger partial charge in [-0.05, 0) is 55.8 Å². The second-order valence-electron chi connectivity index (χ2n) is 6.75. The number of benzene rings is 2. The smallest absolute Gasteiger partial charge is 0.336 e. The number of ether oxygens (including phenoxy) is 1. The molecule has 0 spiro atoms. The number of aromatic nitrogens is 2. The number of methoxy groups -OCH3 is 1. The van der Waals surface area contributed by atoms with Crippen molar-refractivity contribution in [3.8, 4) is 11.4 Å². The number of amides is 1. The quantitative estimate of drug-likeness (QED) is 0.671. The van der Waals surface area contributed by atoms with Gasteiger partial charge in [-0.15, -0.1) is 0 Å². The first-order chi connectivity index (χ1) is 13.8. The zero-order valence-electron chi connectivity index (χ0n) is 16.4. The molecule has 1 amide bonds. The van der Waals surface area contributed by atoms with E-state index < -0.39 is 11.2 Å². The SMILES string of the molecule is CCC(C)NC(=O)Cn1c(=O)n(-c2ccc(OC)cc2)c(=O)c2ccc(Cl)cc21. The van der Waals surface area contributed by atoms with Crippen LogP contribution in [0, 0.1) is 0 Å². The Bertz CT molecular complexity index is 1170. The van der Waals surface area contributed by atoms with Crippen LogP contribution in [0.25, 0.3) is 16.6 Å². The van der Waals surface area contributed by atoms with Gasteiger partial charge < -0.3 is 10.1 Å². The summed E-state index contributed by atoms with van der Waals surface area (Å²) in [5, 5.41) is 3.50. The zero-order chi connectivity index (χ0) is 21.1. The van der Waals surface area contributed by atoms with Gasteiger partial charge in [0.05, 0.1) is 23.7 Å². The minimum atomic E-state index is -0.616. The van der Waals surface area contributed by atoms with Crippen molar-refractivity contribution in [1.82, 2.24) is 14.5 Å². The Morgan fingerprint density at radius 1 is 1.17 bits per heavy atom. The highest BCUT2D eigenvalue weighted by molar-refractivity contribution is 6.31. The molecule has 0 fully saturated rings. The number of nitrogens with one attached hydrogen (secondary N) is 1. The van der Waals surface area contributed by atoms with Gasteiger partial charge in [-0.3, -0.25) is 14.2 Å². The number of carbonyl (C=O) groups excluding carboxylic acids is 1. The Morgan fingerprint density at radius 2 is 1.86 bits per heavy atom. The van der Waals surface area contributed by atoms with Crippen molar-refractivity contribution in [2.45, 2.75) is 32.9 Å². The number of nitrogens with zero attached hydrogens (tertiary/aromatic N) is 2. The standard InChI is InChI=1S/C21H22ClN3O4/c1-4-13(2)23-19(26)12-24-18-11-14(22)5-10-17(18)20(27)25(21(24)28)15-6-8-16(29-3)9-7-15/h5-11,13H,4,12H2,1-3H3,(H,23,26). The van der Waals surface area contributed by atoms with Crippen LogP contribution in [0.3, 0.4) is 0 Å². The van der Waals surface area contributed by atoms with Crippen molar-refractivity contribution < 1.29 is 9.53 Å². The lowest BCUT2D eigenvalue weighted by molar-refractivity contribution is -0.122. The molecule has 0 saturated heterocycles. The first-order valence-corrected chi connectivity index (χ1v) is 9.62. The molecule has 1 aromatic heterocycles. The van der Waals surface area contributed by atoms with Crippen molar-refractivity contribution in [3.63, 3.8) is 0 Å². The topological polar surface area (TPSA) is 82.3 Å². The largest absolute Gasteiger partial charge is 0.497 e. The van der Waals surface area contributed by atoms with E-state index in [1.807, 2.05) is 13.8 Å². The molecule has 1 unspecified atom stereocenters. The fourth-order valence-electron chi connectivity index (χ4n) is 3.02. The highest BCUT2D eigenvalue weighted by Crippen LogP contribution is 2.17. The molecule has 1 atom stereocenters. The number of hydrogen-bond donors (Lipinski definition) is 1. The molecule has 1 N–H and O–H groups in total. The maximum Gasteiger partial charge on any atom is 0.336 e. The van der Waals surface area contributed by atoms with Crippen molar-refractivity contribution >= 4 is 28.4 Å². The van der Waals surface area contributed by atoms with E-state index in [2.05, 4.69) is 5.32 Å². The van der Waals surface area contributed by atoms with Crippen LogP contribution in [0.2, 0.25) is 5.02 Å². The summed E-state index contributed by atoms with van der Waals surface area (Å²) in [4.78, 5) is 38.8. The minimum absolute atomic E-state index is 0.0273. The van der Waals surface area contributed by atoms with Crippen LogP contribution in [-0.4, -0.2) is 28.2 Å². The van der Waals surface area contributed by atoms with E-state index in [0.29, 0.717) is 27.4 Å². The number of rotatable bonds is 6. The first-order valence-electron chi connectivity index (χ1n) is 9.24.